The van der Waals surface area contributed by atoms with Crippen molar-refractivity contribution in [3.8, 4) is 6.19 Å². The number of nitriles is 1. The minimum absolute atomic E-state index is 0.871. The lowest BCUT2D eigenvalue weighted by Gasteiger charge is -2.06. The van der Waals surface area contributed by atoms with Crippen LogP contribution in [0, 0.1) is 32.2 Å². The first-order valence-electron chi connectivity index (χ1n) is 6.72. The second-order valence-corrected chi connectivity index (χ2v) is 5.11. The molecule has 4 nitrogen and oxygen atoms in total. The molecule has 0 N–H and O–H groups in total. The summed E-state index contributed by atoms with van der Waals surface area (Å²) in [5.74, 6) is 0. The quantitative estimate of drug-likeness (QED) is 0.625. The lowest BCUT2D eigenvalue weighted by Crippen LogP contribution is -1.99. The van der Waals surface area contributed by atoms with Crippen molar-refractivity contribution in [1.29, 1.82) is 5.26 Å². The molecule has 0 aliphatic carbocycles. The maximum absolute atomic E-state index is 8.48. The van der Waals surface area contributed by atoms with Crippen LogP contribution in [0.2, 0.25) is 0 Å². The van der Waals surface area contributed by atoms with Crippen LogP contribution in [0.3, 0.4) is 0 Å². The zero-order valence-corrected chi connectivity index (χ0v) is 12.8. The van der Waals surface area contributed by atoms with E-state index in [1.54, 1.807) is 12.4 Å². The minimum Gasteiger partial charge on any atom is -0.342 e. The number of hydrogen-bond acceptors (Lipinski definition) is 3. The van der Waals surface area contributed by atoms with Crippen molar-refractivity contribution >= 4 is 18.1 Å². The predicted octanol–water partition coefficient (Wildman–Crippen LogP) is 3.60. The standard InChI is InChI=1S/C17H18N4/c1-12-7-13(2)17(14(3)8-12)20-10-16-6-5-15(21(16)4)9-19-11-18/h5-10H,1-4H3. The van der Waals surface area contributed by atoms with E-state index >= 15 is 0 Å². The van der Waals surface area contributed by atoms with Gasteiger partial charge in [0.25, 0.3) is 0 Å². The molecule has 2 aromatic rings. The van der Waals surface area contributed by atoms with Crippen LogP contribution < -0.4 is 0 Å². The molecule has 2 rings (SSSR count). The van der Waals surface area contributed by atoms with Gasteiger partial charge in [-0.15, -0.1) is 0 Å². The molecule has 1 aromatic heterocycles. The van der Waals surface area contributed by atoms with E-state index in [-0.39, 0.29) is 0 Å². The van der Waals surface area contributed by atoms with Gasteiger partial charge in [-0.05, 0) is 44.0 Å². The van der Waals surface area contributed by atoms with Crippen LogP contribution in [0.25, 0.3) is 0 Å². The molecule has 0 saturated carbocycles. The second kappa shape index (κ2) is 6.19. The maximum Gasteiger partial charge on any atom is 0.205 e. The summed E-state index contributed by atoms with van der Waals surface area (Å²) in [6.07, 6.45) is 5.14. The molecule has 1 aromatic carbocycles. The molecule has 106 valence electrons. The van der Waals surface area contributed by atoms with Gasteiger partial charge in [0, 0.05) is 7.05 Å². The van der Waals surface area contributed by atoms with Crippen molar-refractivity contribution in [2.45, 2.75) is 20.8 Å². The molecular weight excluding hydrogens is 260 g/mol. The summed E-state index contributed by atoms with van der Waals surface area (Å²) in [7, 11) is 1.93. The second-order valence-electron chi connectivity index (χ2n) is 5.11. The topological polar surface area (TPSA) is 53.4 Å². The third kappa shape index (κ3) is 3.26. The van der Waals surface area contributed by atoms with Gasteiger partial charge in [-0.2, -0.15) is 10.3 Å². The summed E-state index contributed by atoms with van der Waals surface area (Å²) in [5.41, 5.74) is 6.43. The number of hydrogen-bond donors (Lipinski definition) is 0. The number of nitrogens with zero attached hydrogens (tertiary/aromatic N) is 4. The highest BCUT2D eigenvalue weighted by molar-refractivity contribution is 5.85. The Morgan fingerprint density at radius 1 is 1.05 bits per heavy atom. The zero-order valence-electron chi connectivity index (χ0n) is 12.8. The van der Waals surface area contributed by atoms with E-state index in [0.717, 1.165) is 17.1 Å². The van der Waals surface area contributed by atoms with Gasteiger partial charge >= 0.3 is 0 Å². The molecule has 4 heteroatoms. The smallest absolute Gasteiger partial charge is 0.205 e. The third-order valence-electron chi connectivity index (χ3n) is 3.42. The highest BCUT2D eigenvalue weighted by atomic mass is 15.0. The van der Waals surface area contributed by atoms with E-state index < -0.39 is 0 Å². The lowest BCUT2D eigenvalue weighted by atomic mass is 10.1. The van der Waals surface area contributed by atoms with Gasteiger partial charge in [-0.25, -0.2) is 0 Å². The van der Waals surface area contributed by atoms with Gasteiger partial charge in [0.2, 0.25) is 6.19 Å². The molecule has 21 heavy (non-hydrogen) atoms. The zero-order chi connectivity index (χ0) is 15.4. The van der Waals surface area contributed by atoms with Crippen molar-refractivity contribution in [1.82, 2.24) is 4.57 Å². The SMILES string of the molecule is Cc1cc(C)c(N=Cc2ccc(C=NC#N)n2C)c(C)c1. The van der Waals surface area contributed by atoms with E-state index in [1.165, 1.54) is 16.7 Å². The Balaban J connectivity index is 2.33. The molecule has 0 aliphatic rings. The number of rotatable bonds is 3. The summed E-state index contributed by atoms with van der Waals surface area (Å²) in [4.78, 5) is 8.20. The summed E-state index contributed by atoms with van der Waals surface area (Å²) in [5, 5.41) is 8.48. The minimum atomic E-state index is 0.871. The molecule has 0 atom stereocenters. The molecule has 0 aliphatic heterocycles. The molecule has 0 spiro atoms. The lowest BCUT2D eigenvalue weighted by molar-refractivity contribution is 0.909. The molecule has 0 unspecified atom stereocenters. The average Bonchev–Trinajstić information content (AvgIpc) is 2.76. The maximum atomic E-state index is 8.48. The number of aliphatic imine (C=N–C) groups is 2. The van der Waals surface area contributed by atoms with Crippen LogP contribution in [-0.2, 0) is 7.05 Å². The molecule has 0 saturated heterocycles. The predicted molar refractivity (Wildman–Crippen MR) is 86.5 cm³/mol. The highest BCUT2D eigenvalue weighted by Gasteiger charge is 2.03. The monoisotopic (exact) mass is 278 g/mol. The average molecular weight is 278 g/mol. The molecule has 0 amide bonds. The van der Waals surface area contributed by atoms with Crippen LogP contribution in [0.1, 0.15) is 28.1 Å². The first-order chi connectivity index (χ1) is 10.0. The van der Waals surface area contributed by atoms with Crippen LogP contribution in [-0.4, -0.2) is 17.0 Å². The Morgan fingerprint density at radius 2 is 1.62 bits per heavy atom. The normalized spacial score (nSPS) is 11.4. The van der Waals surface area contributed by atoms with Gasteiger partial charge in [-0.1, -0.05) is 17.7 Å². The summed E-state index contributed by atoms with van der Waals surface area (Å²) in [6.45, 7) is 6.23. The molecule has 0 radical (unpaired) electrons. The molecular formula is C17H18N4. The third-order valence-corrected chi connectivity index (χ3v) is 3.42. The van der Waals surface area contributed by atoms with Crippen LogP contribution in [0.4, 0.5) is 5.69 Å². The summed E-state index contributed by atoms with van der Waals surface area (Å²) < 4.78 is 1.95. The van der Waals surface area contributed by atoms with Crippen molar-refractivity contribution in [3.63, 3.8) is 0 Å². The largest absolute Gasteiger partial charge is 0.342 e. The van der Waals surface area contributed by atoms with Gasteiger partial charge in [0.05, 0.1) is 29.5 Å². The number of aryl methyl sites for hydroxylation is 3. The van der Waals surface area contributed by atoms with Gasteiger partial charge in [0.1, 0.15) is 0 Å². The van der Waals surface area contributed by atoms with E-state index in [4.69, 9.17) is 5.26 Å². The van der Waals surface area contributed by atoms with E-state index in [0.29, 0.717) is 0 Å². The Labute approximate surface area is 125 Å². The molecule has 0 bridgehead atoms. The van der Waals surface area contributed by atoms with Crippen LogP contribution in [0.5, 0.6) is 0 Å². The Morgan fingerprint density at radius 3 is 2.19 bits per heavy atom. The van der Waals surface area contributed by atoms with Gasteiger partial charge in [0.15, 0.2) is 0 Å². The van der Waals surface area contributed by atoms with Crippen LogP contribution in [0.15, 0.2) is 34.3 Å². The van der Waals surface area contributed by atoms with E-state index in [9.17, 15) is 0 Å². The summed E-state index contributed by atoms with van der Waals surface area (Å²) >= 11 is 0. The van der Waals surface area contributed by atoms with Crippen molar-refractivity contribution in [3.05, 3.63) is 52.3 Å². The van der Waals surface area contributed by atoms with E-state index in [1.807, 2.05) is 30.0 Å². The fraction of sp³-hybridized carbons (Fsp3) is 0.235. The Kier molecular flexibility index (Phi) is 4.34. The number of benzene rings is 1. The highest BCUT2D eigenvalue weighted by Crippen LogP contribution is 2.24. The Hall–Kier alpha value is -2.67. The molecule has 1 heterocycles. The first-order valence-corrected chi connectivity index (χ1v) is 6.72. The van der Waals surface area contributed by atoms with Crippen LogP contribution >= 0.6 is 0 Å². The van der Waals surface area contributed by atoms with Crippen molar-refractivity contribution < 1.29 is 0 Å². The van der Waals surface area contributed by atoms with Gasteiger partial charge < -0.3 is 4.57 Å². The first kappa shape index (κ1) is 14.7. The summed E-state index contributed by atoms with van der Waals surface area (Å²) in [6, 6.07) is 8.14. The number of aromatic nitrogens is 1. The molecule has 0 fully saturated rings. The fourth-order valence-electron chi connectivity index (χ4n) is 2.40. The Bertz CT molecular complexity index is 735. The fourth-order valence-corrected chi connectivity index (χ4v) is 2.40. The van der Waals surface area contributed by atoms with Crippen molar-refractivity contribution in [2.75, 3.05) is 0 Å². The van der Waals surface area contributed by atoms with Gasteiger partial charge in [-0.3, -0.25) is 4.99 Å². The van der Waals surface area contributed by atoms with Crippen molar-refractivity contribution in [2.24, 2.45) is 17.0 Å². The van der Waals surface area contributed by atoms with E-state index in [2.05, 4.69) is 42.9 Å².